The molecule has 6 nitrogen and oxygen atoms in total. The summed E-state index contributed by atoms with van der Waals surface area (Å²) in [7, 11) is 0. The van der Waals surface area contributed by atoms with Crippen LogP contribution in [-0.4, -0.2) is 57.9 Å². The Bertz CT molecular complexity index is 600. The van der Waals surface area contributed by atoms with Gasteiger partial charge in [0.2, 0.25) is 5.91 Å². The van der Waals surface area contributed by atoms with E-state index in [0.29, 0.717) is 19.6 Å². The zero-order valence-corrected chi connectivity index (χ0v) is 13.1. The van der Waals surface area contributed by atoms with Crippen molar-refractivity contribution in [3.63, 3.8) is 0 Å². The molecule has 3 saturated heterocycles. The Kier molecular flexibility index (Phi) is 3.77. The highest BCUT2D eigenvalue weighted by Gasteiger charge is 2.49. The van der Waals surface area contributed by atoms with Gasteiger partial charge in [0.25, 0.3) is 5.91 Å². The summed E-state index contributed by atoms with van der Waals surface area (Å²) in [5.74, 6) is 0.208. The van der Waals surface area contributed by atoms with E-state index < -0.39 is 0 Å². The molecule has 6 heteroatoms. The fourth-order valence-electron chi connectivity index (χ4n) is 4.05. The molecule has 4 heterocycles. The molecule has 1 aromatic rings. The number of hydrogen-bond donors (Lipinski definition) is 0. The van der Waals surface area contributed by atoms with E-state index in [-0.39, 0.29) is 30.0 Å². The van der Waals surface area contributed by atoms with E-state index in [2.05, 4.69) is 4.98 Å². The number of ether oxygens (including phenoxy) is 1. The van der Waals surface area contributed by atoms with Crippen LogP contribution >= 0.6 is 0 Å². The van der Waals surface area contributed by atoms with Crippen LogP contribution in [0, 0.1) is 0 Å². The van der Waals surface area contributed by atoms with Crippen LogP contribution in [0.4, 0.5) is 0 Å². The van der Waals surface area contributed by atoms with Crippen molar-refractivity contribution in [1.29, 1.82) is 0 Å². The Morgan fingerprint density at radius 2 is 2.26 bits per heavy atom. The zero-order valence-electron chi connectivity index (χ0n) is 13.1. The topological polar surface area (TPSA) is 62.7 Å². The number of carbonyl (C=O) groups is 2. The van der Waals surface area contributed by atoms with Crippen molar-refractivity contribution in [2.75, 3.05) is 13.2 Å². The Hall–Kier alpha value is -1.95. The fraction of sp³-hybridized carbons (Fsp3) is 0.588. The summed E-state index contributed by atoms with van der Waals surface area (Å²) in [5, 5.41) is 0. The Labute approximate surface area is 135 Å². The molecule has 1 aromatic heterocycles. The summed E-state index contributed by atoms with van der Waals surface area (Å²) in [6.07, 6.45) is 6.28. The largest absolute Gasteiger partial charge is 0.368 e. The molecule has 0 spiro atoms. The third kappa shape index (κ3) is 2.61. The van der Waals surface area contributed by atoms with Gasteiger partial charge in [0.1, 0.15) is 6.10 Å². The van der Waals surface area contributed by atoms with E-state index in [1.807, 2.05) is 21.9 Å². The van der Waals surface area contributed by atoms with E-state index in [9.17, 15) is 9.59 Å². The van der Waals surface area contributed by atoms with Crippen LogP contribution in [0.15, 0.2) is 24.5 Å². The average molecular weight is 315 g/mol. The van der Waals surface area contributed by atoms with Crippen LogP contribution in [0.25, 0.3) is 0 Å². The molecular formula is C17H21N3O3. The second-order valence-corrected chi connectivity index (χ2v) is 6.54. The Morgan fingerprint density at radius 1 is 1.35 bits per heavy atom. The van der Waals surface area contributed by atoms with Crippen molar-refractivity contribution >= 4 is 11.8 Å². The lowest BCUT2D eigenvalue weighted by atomic mass is 10.1. The van der Waals surface area contributed by atoms with Crippen LogP contribution in [0.5, 0.6) is 0 Å². The summed E-state index contributed by atoms with van der Waals surface area (Å²) < 4.78 is 5.53. The second-order valence-electron chi connectivity index (χ2n) is 6.54. The van der Waals surface area contributed by atoms with E-state index in [0.717, 1.165) is 31.4 Å². The molecule has 3 atom stereocenters. The lowest BCUT2D eigenvalue weighted by Gasteiger charge is -2.27. The molecular weight excluding hydrogens is 294 g/mol. The van der Waals surface area contributed by atoms with Gasteiger partial charge in [-0.3, -0.25) is 14.6 Å². The van der Waals surface area contributed by atoms with Gasteiger partial charge >= 0.3 is 0 Å². The predicted octanol–water partition coefficient (Wildman–Crippen LogP) is 0.962. The first kappa shape index (κ1) is 14.6. The molecule has 0 aromatic carbocycles. The molecule has 0 N–H and O–H groups in total. The van der Waals surface area contributed by atoms with Crippen LogP contribution < -0.4 is 0 Å². The maximum atomic E-state index is 12.6. The average Bonchev–Trinajstić information content (AvgIpc) is 3.27. The van der Waals surface area contributed by atoms with Crippen LogP contribution in [-0.2, 0) is 20.9 Å². The van der Waals surface area contributed by atoms with Crippen LogP contribution in [0.3, 0.4) is 0 Å². The number of pyridine rings is 1. The standard InChI is InChI=1S/C17H21N3O3/c21-16-9-14-13(20(16)11-12-3-1-6-18-10-12)5-7-19(14)17(22)15-4-2-8-23-15/h1,3,6,10,13-15H,2,4-5,7-9,11H2/t13-,14+,15?/m1/s1. The lowest BCUT2D eigenvalue weighted by Crippen LogP contribution is -2.44. The molecule has 122 valence electrons. The first-order valence-corrected chi connectivity index (χ1v) is 8.34. The molecule has 4 rings (SSSR count). The minimum absolute atomic E-state index is 0.0101. The number of carbonyl (C=O) groups excluding carboxylic acids is 2. The van der Waals surface area contributed by atoms with Gasteiger partial charge in [-0.25, -0.2) is 0 Å². The van der Waals surface area contributed by atoms with E-state index in [4.69, 9.17) is 4.74 Å². The number of fused-ring (bicyclic) bond motifs is 1. The molecule has 0 aliphatic carbocycles. The normalized spacial score (nSPS) is 30.1. The van der Waals surface area contributed by atoms with Crippen molar-refractivity contribution in [3.05, 3.63) is 30.1 Å². The Balaban J connectivity index is 1.47. The third-order valence-electron chi connectivity index (χ3n) is 5.18. The summed E-state index contributed by atoms with van der Waals surface area (Å²) >= 11 is 0. The minimum Gasteiger partial charge on any atom is -0.368 e. The van der Waals surface area contributed by atoms with Crippen LogP contribution in [0.2, 0.25) is 0 Å². The molecule has 2 amide bonds. The fourth-order valence-corrected chi connectivity index (χ4v) is 4.05. The quantitative estimate of drug-likeness (QED) is 0.833. The lowest BCUT2D eigenvalue weighted by molar-refractivity contribution is -0.141. The monoisotopic (exact) mass is 315 g/mol. The van der Waals surface area contributed by atoms with Gasteiger partial charge in [-0.1, -0.05) is 6.07 Å². The van der Waals surface area contributed by atoms with Gasteiger partial charge in [0.05, 0.1) is 12.1 Å². The van der Waals surface area contributed by atoms with Crippen molar-refractivity contribution in [3.8, 4) is 0 Å². The van der Waals surface area contributed by atoms with Crippen LogP contribution in [0.1, 0.15) is 31.2 Å². The smallest absolute Gasteiger partial charge is 0.252 e. The van der Waals surface area contributed by atoms with Gasteiger partial charge in [-0.2, -0.15) is 0 Å². The number of rotatable bonds is 3. The second kappa shape index (κ2) is 5.92. The summed E-state index contributed by atoms with van der Waals surface area (Å²) in [6, 6.07) is 4.01. The third-order valence-corrected chi connectivity index (χ3v) is 5.18. The molecule has 23 heavy (non-hydrogen) atoms. The molecule has 3 aliphatic heterocycles. The predicted molar refractivity (Wildman–Crippen MR) is 82.3 cm³/mol. The molecule has 0 bridgehead atoms. The van der Waals surface area contributed by atoms with E-state index in [1.54, 1.807) is 12.4 Å². The highest BCUT2D eigenvalue weighted by Crippen LogP contribution is 2.34. The summed E-state index contributed by atoms with van der Waals surface area (Å²) in [5.41, 5.74) is 1.03. The van der Waals surface area contributed by atoms with E-state index in [1.165, 1.54) is 0 Å². The van der Waals surface area contributed by atoms with Crippen molar-refractivity contribution in [2.45, 2.75) is 50.4 Å². The minimum atomic E-state index is -0.295. The van der Waals surface area contributed by atoms with Gasteiger partial charge in [-0.15, -0.1) is 0 Å². The molecule has 3 fully saturated rings. The van der Waals surface area contributed by atoms with Gasteiger partial charge in [-0.05, 0) is 30.9 Å². The number of hydrogen-bond acceptors (Lipinski definition) is 4. The Morgan fingerprint density at radius 3 is 3.00 bits per heavy atom. The van der Waals surface area contributed by atoms with Crippen molar-refractivity contribution in [1.82, 2.24) is 14.8 Å². The highest BCUT2D eigenvalue weighted by molar-refractivity contribution is 5.85. The summed E-state index contributed by atoms with van der Waals surface area (Å²) in [6.45, 7) is 1.98. The van der Waals surface area contributed by atoms with Gasteiger partial charge in [0.15, 0.2) is 0 Å². The molecule has 0 radical (unpaired) electrons. The number of aromatic nitrogens is 1. The zero-order chi connectivity index (χ0) is 15.8. The summed E-state index contributed by atoms with van der Waals surface area (Å²) in [4.78, 5) is 33.0. The first-order valence-electron chi connectivity index (χ1n) is 8.34. The number of amides is 2. The van der Waals surface area contributed by atoms with E-state index >= 15 is 0 Å². The first-order chi connectivity index (χ1) is 11.2. The SMILES string of the molecule is O=C1C[C@H]2[C@@H](CCN2C(=O)C2CCCO2)N1Cc1cccnc1. The maximum Gasteiger partial charge on any atom is 0.252 e. The van der Waals surface area contributed by atoms with Gasteiger partial charge < -0.3 is 14.5 Å². The highest BCUT2D eigenvalue weighted by atomic mass is 16.5. The van der Waals surface area contributed by atoms with Gasteiger partial charge in [0, 0.05) is 38.5 Å². The molecule has 1 unspecified atom stereocenters. The molecule has 0 saturated carbocycles. The van der Waals surface area contributed by atoms with Crippen molar-refractivity contribution in [2.24, 2.45) is 0 Å². The number of nitrogens with zero attached hydrogens (tertiary/aromatic N) is 3. The maximum absolute atomic E-state index is 12.6. The molecule has 3 aliphatic rings. The van der Waals surface area contributed by atoms with Crippen molar-refractivity contribution < 1.29 is 14.3 Å². The number of likely N-dealkylation sites (tertiary alicyclic amines) is 2.